The molecule has 0 unspecified atom stereocenters. The van der Waals surface area contributed by atoms with Crippen LogP contribution in [0.15, 0.2) is 71.1 Å². The SMILES string of the molecule is COc1cc(/C=C(\C#N)C(=O)Nc2ccc(C)c(Cl)c2)ccc1OS(=O)(=O)c1ccc(C)cc1. The quantitative estimate of drug-likeness (QED) is 0.271. The summed E-state index contributed by atoms with van der Waals surface area (Å²) in [5.41, 5.74) is 2.49. The number of hydrogen-bond donors (Lipinski definition) is 1. The maximum Gasteiger partial charge on any atom is 0.339 e. The van der Waals surface area contributed by atoms with Crippen LogP contribution in [0.1, 0.15) is 16.7 Å². The summed E-state index contributed by atoms with van der Waals surface area (Å²) in [7, 11) is -2.73. The van der Waals surface area contributed by atoms with Crippen molar-refractivity contribution in [2.24, 2.45) is 0 Å². The van der Waals surface area contributed by atoms with Crippen LogP contribution in [-0.4, -0.2) is 21.4 Å². The Bertz CT molecular complexity index is 1410. The molecule has 0 fully saturated rings. The van der Waals surface area contributed by atoms with Gasteiger partial charge in [-0.15, -0.1) is 0 Å². The van der Waals surface area contributed by atoms with Gasteiger partial charge in [0, 0.05) is 10.7 Å². The average Bonchev–Trinajstić information content (AvgIpc) is 2.80. The van der Waals surface area contributed by atoms with Gasteiger partial charge in [0.05, 0.1) is 7.11 Å². The van der Waals surface area contributed by atoms with Gasteiger partial charge in [0.15, 0.2) is 11.5 Å². The number of ether oxygens (including phenoxy) is 1. The predicted octanol–water partition coefficient (Wildman–Crippen LogP) is 5.28. The van der Waals surface area contributed by atoms with E-state index >= 15 is 0 Å². The van der Waals surface area contributed by atoms with Crippen LogP contribution >= 0.6 is 11.6 Å². The molecule has 1 N–H and O–H groups in total. The van der Waals surface area contributed by atoms with Crippen molar-refractivity contribution in [1.29, 1.82) is 5.26 Å². The zero-order valence-electron chi connectivity index (χ0n) is 18.6. The molecule has 0 aromatic heterocycles. The lowest BCUT2D eigenvalue weighted by atomic mass is 10.1. The Morgan fingerprint density at radius 1 is 1.03 bits per heavy atom. The number of nitrogens with zero attached hydrogens (tertiary/aromatic N) is 1. The zero-order chi connectivity index (χ0) is 24.9. The first-order valence-electron chi connectivity index (χ1n) is 10.0. The summed E-state index contributed by atoms with van der Waals surface area (Å²) >= 11 is 6.08. The Balaban J connectivity index is 1.84. The van der Waals surface area contributed by atoms with Gasteiger partial charge < -0.3 is 14.2 Å². The van der Waals surface area contributed by atoms with Crippen LogP contribution in [-0.2, 0) is 14.9 Å². The van der Waals surface area contributed by atoms with Gasteiger partial charge in [0.25, 0.3) is 5.91 Å². The van der Waals surface area contributed by atoms with E-state index in [1.165, 1.54) is 43.5 Å². The molecule has 0 radical (unpaired) electrons. The number of nitrogens with one attached hydrogen (secondary N) is 1. The standard InChI is InChI=1S/C25H21ClN2O5S/c1-16-4-9-21(10-5-16)34(30,31)33-23-11-7-18(13-24(23)32-3)12-19(15-27)25(29)28-20-8-6-17(2)22(26)14-20/h4-14H,1-3H3,(H,28,29)/b19-12+. The fourth-order valence-electron chi connectivity index (χ4n) is 2.90. The molecule has 0 saturated carbocycles. The van der Waals surface area contributed by atoms with Crippen LogP contribution in [0.3, 0.4) is 0 Å². The number of carbonyl (C=O) groups excluding carboxylic acids is 1. The van der Waals surface area contributed by atoms with E-state index in [0.717, 1.165) is 11.1 Å². The molecule has 3 aromatic rings. The maximum absolute atomic E-state index is 12.6. The van der Waals surface area contributed by atoms with Crippen LogP contribution < -0.4 is 14.2 Å². The monoisotopic (exact) mass is 496 g/mol. The molecule has 1 amide bonds. The van der Waals surface area contributed by atoms with Crippen molar-refractivity contribution in [1.82, 2.24) is 0 Å². The highest BCUT2D eigenvalue weighted by atomic mass is 35.5. The normalized spacial score (nSPS) is 11.4. The maximum atomic E-state index is 12.6. The van der Waals surface area contributed by atoms with E-state index < -0.39 is 16.0 Å². The Morgan fingerprint density at radius 2 is 1.74 bits per heavy atom. The van der Waals surface area contributed by atoms with Crippen LogP contribution in [0, 0.1) is 25.2 Å². The summed E-state index contributed by atoms with van der Waals surface area (Å²) < 4.78 is 35.7. The predicted molar refractivity (Wildman–Crippen MR) is 130 cm³/mol. The van der Waals surface area contributed by atoms with Crippen molar-refractivity contribution in [2.45, 2.75) is 18.7 Å². The number of anilines is 1. The lowest BCUT2D eigenvalue weighted by molar-refractivity contribution is -0.112. The number of hydrogen-bond acceptors (Lipinski definition) is 6. The highest BCUT2D eigenvalue weighted by Crippen LogP contribution is 2.31. The van der Waals surface area contributed by atoms with E-state index in [1.807, 2.05) is 19.9 Å². The molecule has 34 heavy (non-hydrogen) atoms. The molecule has 0 spiro atoms. The van der Waals surface area contributed by atoms with Crippen LogP contribution in [0.4, 0.5) is 5.69 Å². The highest BCUT2D eigenvalue weighted by molar-refractivity contribution is 7.87. The molecule has 9 heteroatoms. The van der Waals surface area contributed by atoms with Gasteiger partial charge in [0.2, 0.25) is 0 Å². The summed E-state index contributed by atoms with van der Waals surface area (Å²) in [6.07, 6.45) is 1.35. The summed E-state index contributed by atoms with van der Waals surface area (Å²) in [6.45, 7) is 3.68. The number of carbonyl (C=O) groups is 1. The molecule has 3 rings (SSSR count). The molecule has 174 valence electrons. The van der Waals surface area contributed by atoms with Crippen molar-refractivity contribution >= 4 is 39.4 Å². The first-order chi connectivity index (χ1) is 16.1. The molecule has 0 aliphatic rings. The summed E-state index contributed by atoms with van der Waals surface area (Å²) in [5, 5.41) is 12.6. The Labute approximate surface area is 203 Å². The van der Waals surface area contributed by atoms with Gasteiger partial charge in [-0.05, 0) is 67.4 Å². The van der Waals surface area contributed by atoms with Crippen molar-refractivity contribution in [2.75, 3.05) is 12.4 Å². The second-order valence-electron chi connectivity index (χ2n) is 7.35. The molecular weight excluding hydrogens is 476 g/mol. The molecule has 3 aromatic carbocycles. The lowest BCUT2D eigenvalue weighted by Gasteiger charge is -2.12. The number of halogens is 1. The number of amides is 1. The lowest BCUT2D eigenvalue weighted by Crippen LogP contribution is -2.13. The fourth-order valence-corrected chi connectivity index (χ4v) is 4.02. The minimum absolute atomic E-state index is 0.00349. The van der Waals surface area contributed by atoms with Gasteiger partial charge >= 0.3 is 10.1 Å². The Hall–Kier alpha value is -3.80. The topological polar surface area (TPSA) is 105 Å². The van der Waals surface area contributed by atoms with Crippen molar-refractivity contribution in [3.05, 3.63) is 87.9 Å². The van der Waals surface area contributed by atoms with Crippen LogP contribution in [0.2, 0.25) is 5.02 Å². The minimum atomic E-state index is -4.08. The van der Waals surface area contributed by atoms with E-state index in [-0.39, 0.29) is 22.0 Å². The number of benzene rings is 3. The van der Waals surface area contributed by atoms with E-state index in [4.69, 9.17) is 20.5 Å². The first-order valence-corrected chi connectivity index (χ1v) is 11.8. The molecule has 0 aliphatic carbocycles. The highest BCUT2D eigenvalue weighted by Gasteiger charge is 2.19. The second-order valence-corrected chi connectivity index (χ2v) is 9.30. The number of nitriles is 1. The third-order valence-electron chi connectivity index (χ3n) is 4.80. The summed E-state index contributed by atoms with van der Waals surface area (Å²) in [6, 6.07) is 17.5. The summed E-state index contributed by atoms with van der Waals surface area (Å²) in [5.74, 6) is -0.534. The smallest absolute Gasteiger partial charge is 0.339 e. The number of methoxy groups -OCH3 is 1. The van der Waals surface area contributed by atoms with Gasteiger partial charge in [-0.25, -0.2) is 0 Å². The molecule has 0 bridgehead atoms. The summed E-state index contributed by atoms with van der Waals surface area (Å²) in [4.78, 5) is 12.6. The van der Waals surface area contributed by atoms with E-state index in [0.29, 0.717) is 16.3 Å². The average molecular weight is 497 g/mol. The van der Waals surface area contributed by atoms with E-state index in [1.54, 1.807) is 30.3 Å². The third-order valence-corrected chi connectivity index (χ3v) is 6.46. The molecular formula is C25H21ClN2O5S. The fraction of sp³-hybridized carbons (Fsp3) is 0.120. The minimum Gasteiger partial charge on any atom is -0.493 e. The van der Waals surface area contributed by atoms with Crippen molar-refractivity contribution in [3.63, 3.8) is 0 Å². The number of rotatable bonds is 7. The number of aryl methyl sites for hydroxylation is 2. The molecule has 0 saturated heterocycles. The largest absolute Gasteiger partial charge is 0.493 e. The van der Waals surface area contributed by atoms with Crippen LogP contribution in [0.5, 0.6) is 11.5 Å². The zero-order valence-corrected chi connectivity index (χ0v) is 20.2. The molecule has 7 nitrogen and oxygen atoms in total. The van der Waals surface area contributed by atoms with E-state index in [2.05, 4.69) is 5.32 Å². The molecule has 0 heterocycles. The van der Waals surface area contributed by atoms with Gasteiger partial charge in [-0.2, -0.15) is 13.7 Å². The Kier molecular flexibility index (Phi) is 7.61. The molecule has 0 aliphatic heterocycles. The van der Waals surface area contributed by atoms with Crippen molar-refractivity contribution < 1.29 is 22.1 Å². The van der Waals surface area contributed by atoms with E-state index in [9.17, 15) is 18.5 Å². The van der Waals surface area contributed by atoms with Crippen LogP contribution in [0.25, 0.3) is 6.08 Å². The Morgan fingerprint density at radius 3 is 2.35 bits per heavy atom. The van der Waals surface area contributed by atoms with Crippen molar-refractivity contribution in [3.8, 4) is 17.6 Å². The molecule has 0 atom stereocenters. The first kappa shape index (κ1) is 24.8. The second kappa shape index (κ2) is 10.4. The van der Waals surface area contributed by atoms with Gasteiger partial charge in [0.1, 0.15) is 16.5 Å². The van der Waals surface area contributed by atoms with Gasteiger partial charge in [-0.3, -0.25) is 4.79 Å². The third kappa shape index (κ3) is 5.95. The van der Waals surface area contributed by atoms with Gasteiger partial charge in [-0.1, -0.05) is 41.4 Å².